The number of nitrogens with zero attached hydrogens (tertiary/aromatic N) is 4. The minimum atomic E-state index is -0.0739. The summed E-state index contributed by atoms with van der Waals surface area (Å²) in [5.74, 6) is -0.0455. The number of benzene rings is 1. The Bertz CT molecular complexity index is 870. The summed E-state index contributed by atoms with van der Waals surface area (Å²) in [6, 6.07) is 8.04. The lowest BCUT2D eigenvalue weighted by molar-refractivity contribution is -0.119. The highest BCUT2D eigenvalue weighted by Crippen LogP contribution is 2.40. The van der Waals surface area contributed by atoms with Gasteiger partial charge < -0.3 is 0 Å². The Morgan fingerprint density at radius 1 is 1.04 bits per heavy atom. The second-order valence-electron chi connectivity index (χ2n) is 6.42. The van der Waals surface area contributed by atoms with E-state index in [0.717, 1.165) is 24.8 Å². The number of fused-ring (bicyclic) bond motifs is 1. The molecule has 1 aliphatic heterocycles. The Labute approximate surface area is 163 Å². The number of thioether (sulfide) groups is 1. The van der Waals surface area contributed by atoms with Crippen LogP contribution in [0.2, 0.25) is 0 Å². The summed E-state index contributed by atoms with van der Waals surface area (Å²) in [4.78, 5) is 26.4. The number of rotatable bonds is 7. The quantitative estimate of drug-likeness (QED) is 0.723. The Kier molecular flexibility index (Phi) is 6.11. The molecule has 0 aliphatic carbocycles. The summed E-state index contributed by atoms with van der Waals surface area (Å²) in [7, 11) is 0. The summed E-state index contributed by atoms with van der Waals surface area (Å²) in [6.45, 7) is 6.04. The van der Waals surface area contributed by atoms with E-state index in [9.17, 15) is 9.59 Å². The minimum Gasteiger partial charge on any atom is -0.294 e. The van der Waals surface area contributed by atoms with Crippen LogP contribution in [0.3, 0.4) is 0 Å². The van der Waals surface area contributed by atoms with Crippen LogP contribution in [0, 0.1) is 0 Å². The van der Waals surface area contributed by atoms with Crippen molar-refractivity contribution in [1.29, 1.82) is 0 Å². The maximum atomic E-state index is 13.0. The fraction of sp³-hybridized carbons (Fsp3) is 0.400. The standard InChI is InChI=1S/C20H24N4O2S/c1-4-7-16(25)19-18(15-11-9-14(6-3)10-12-15)24(17(26)8-5-2)23-13-21-22-20(23)27-19/h9-13H,4-8H2,1-3H3. The van der Waals surface area contributed by atoms with Crippen molar-refractivity contribution < 1.29 is 9.59 Å². The second-order valence-corrected chi connectivity index (χ2v) is 7.39. The van der Waals surface area contributed by atoms with E-state index < -0.39 is 0 Å². The van der Waals surface area contributed by atoms with Gasteiger partial charge in [-0.1, -0.05) is 45.0 Å². The molecule has 0 atom stereocenters. The van der Waals surface area contributed by atoms with E-state index >= 15 is 0 Å². The van der Waals surface area contributed by atoms with E-state index in [2.05, 4.69) is 17.1 Å². The number of amides is 1. The van der Waals surface area contributed by atoms with Crippen LogP contribution in [0.25, 0.3) is 5.70 Å². The van der Waals surface area contributed by atoms with Crippen molar-refractivity contribution in [3.8, 4) is 0 Å². The van der Waals surface area contributed by atoms with Crippen molar-refractivity contribution in [3.05, 3.63) is 46.6 Å². The molecule has 7 heteroatoms. The zero-order chi connectivity index (χ0) is 19.4. The van der Waals surface area contributed by atoms with Gasteiger partial charge in [-0.3, -0.25) is 9.59 Å². The molecule has 27 heavy (non-hydrogen) atoms. The number of carbonyl (C=O) groups excluding carboxylic acids is 2. The molecule has 2 aromatic rings. The summed E-state index contributed by atoms with van der Waals surface area (Å²) in [5, 5.41) is 10.1. The van der Waals surface area contributed by atoms with Gasteiger partial charge in [0.25, 0.3) is 0 Å². The van der Waals surface area contributed by atoms with Crippen LogP contribution < -0.4 is 5.01 Å². The summed E-state index contributed by atoms with van der Waals surface area (Å²) >= 11 is 1.29. The molecule has 0 unspecified atom stereocenters. The predicted octanol–water partition coefficient (Wildman–Crippen LogP) is 3.95. The van der Waals surface area contributed by atoms with Gasteiger partial charge in [0.2, 0.25) is 11.1 Å². The normalized spacial score (nSPS) is 13.7. The number of hydrogen-bond acceptors (Lipinski definition) is 5. The molecule has 1 amide bonds. The number of ketones is 1. The number of hydrogen-bond donors (Lipinski definition) is 0. The van der Waals surface area contributed by atoms with Gasteiger partial charge in [-0.2, -0.15) is 0 Å². The molecular weight excluding hydrogens is 360 g/mol. The van der Waals surface area contributed by atoms with Crippen molar-refractivity contribution in [2.45, 2.75) is 58.0 Å². The molecule has 0 spiro atoms. The maximum Gasteiger partial charge on any atom is 0.246 e. The Morgan fingerprint density at radius 3 is 2.37 bits per heavy atom. The van der Waals surface area contributed by atoms with Gasteiger partial charge >= 0.3 is 0 Å². The molecule has 0 radical (unpaired) electrons. The van der Waals surface area contributed by atoms with Crippen LogP contribution in [0.15, 0.2) is 40.7 Å². The number of allylic oxidation sites excluding steroid dienone is 1. The van der Waals surface area contributed by atoms with E-state index in [0.29, 0.717) is 28.6 Å². The van der Waals surface area contributed by atoms with Crippen LogP contribution in [0.1, 0.15) is 57.6 Å². The lowest BCUT2D eigenvalue weighted by Crippen LogP contribution is -2.41. The van der Waals surface area contributed by atoms with Crippen LogP contribution in [0.4, 0.5) is 0 Å². The molecule has 0 N–H and O–H groups in total. The van der Waals surface area contributed by atoms with Gasteiger partial charge in [-0.25, -0.2) is 9.69 Å². The van der Waals surface area contributed by atoms with E-state index in [1.165, 1.54) is 23.7 Å². The van der Waals surface area contributed by atoms with Crippen molar-refractivity contribution in [3.63, 3.8) is 0 Å². The van der Waals surface area contributed by atoms with Crippen molar-refractivity contribution in [1.82, 2.24) is 14.9 Å². The zero-order valence-electron chi connectivity index (χ0n) is 15.9. The summed E-state index contributed by atoms with van der Waals surface area (Å²) in [5.41, 5.74) is 2.69. The van der Waals surface area contributed by atoms with E-state index in [-0.39, 0.29) is 11.7 Å². The third-order valence-electron chi connectivity index (χ3n) is 4.40. The minimum absolute atomic E-state index is 0.0283. The van der Waals surface area contributed by atoms with E-state index in [1.807, 2.05) is 38.1 Å². The van der Waals surface area contributed by atoms with Gasteiger partial charge in [0, 0.05) is 18.4 Å². The monoisotopic (exact) mass is 384 g/mol. The maximum absolute atomic E-state index is 13.0. The Morgan fingerprint density at radius 2 is 1.74 bits per heavy atom. The molecule has 2 heterocycles. The summed E-state index contributed by atoms with van der Waals surface area (Å²) in [6.07, 6.45) is 4.75. The predicted molar refractivity (Wildman–Crippen MR) is 107 cm³/mol. The average molecular weight is 385 g/mol. The van der Waals surface area contributed by atoms with Gasteiger partial charge in [0.05, 0.1) is 10.6 Å². The van der Waals surface area contributed by atoms with Gasteiger partial charge in [-0.05, 0) is 36.6 Å². The second kappa shape index (κ2) is 8.52. The largest absolute Gasteiger partial charge is 0.294 e. The van der Waals surface area contributed by atoms with Gasteiger partial charge in [-0.15, -0.1) is 10.2 Å². The molecule has 0 bridgehead atoms. The first-order chi connectivity index (χ1) is 13.1. The highest BCUT2D eigenvalue weighted by atomic mass is 32.2. The zero-order valence-corrected chi connectivity index (χ0v) is 16.8. The topological polar surface area (TPSA) is 68.1 Å². The fourth-order valence-electron chi connectivity index (χ4n) is 3.01. The van der Waals surface area contributed by atoms with Crippen molar-refractivity contribution in [2.24, 2.45) is 0 Å². The molecule has 1 aromatic carbocycles. The first kappa shape index (κ1) is 19.4. The Balaban J connectivity index is 2.18. The van der Waals surface area contributed by atoms with Crippen LogP contribution in [0.5, 0.6) is 0 Å². The molecule has 0 saturated heterocycles. The lowest BCUT2D eigenvalue weighted by Gasteiger charge is -2.32. The third kappa shape index (κ3) is 3.83. The first-order valence-corrected chi connectivity index (χ1v) is 10.2. The number of Topliss-reactive ketones (excluding diaryl/α,β-unsaturated/α-hetero) is 1. The molecule has 6 nitrogen and oxygen atoms in total. The van der Waals surface area contributed by atoms with E-state index in [4.69, 9.17) is 0 Å². The van der Waals surface area contributed by atoms with E-state index in [1.54, 1.807) is 9.69 Å². The molecule has 1 aliphatic rings. The molecule has 1 aromatic heterocycles. The molecule has 3 rings (SSSR count). The van der Waals surface area contributed by atoms with Crippen LogP contribution >= 0.6 is 11.8 Å². The fourth-order valence-corrected chi connectivity index (χ4v) is 4.02. The number of aryl methyl sites for hydroxylation is 1. The van der Waals surface area contributed by atoms with Crippen molar-refractivity contribution in [2.75, 3.05) is 5.01 Å². The molecular formula is C20H24N4O2S. The SMILES string of the molecule is CCCC(=O)C1=C(c2ccc(CC)cc2)N(C(=O)CCC)n2cnnc2S1. The summed E-state index contributed by atoms with van der Waals surface area (Å²) < 4.78 is 1.65. The lowest BCUT2D eigenvalue weighted by atomic mass is 10.0. The van der Waals surface area contributed by atoms with Gasteiger partial charge in [0.15, 0.2) is 5.78 Å². The highest BCUT2D eigenvalue weighted by molar-refractivity contribution is 8.04. The smallest absolute Gasteiger partial charge is 0.246 e. The highest BCUT2D eigenvalue weighted by Gasteiger charge is 2.34. The number of carbonyl (C=O) groups is 2. The molecule has 142 valence electrons. The van der Waals surface area contributed by atoms with Crippen molar-refractivity contribution >= 4 is 29.1 Å². The third-order valence-corrected chi connectivity index (χ3v) is 5.48. The molecule has 0 saturated carbocycles. The molecule has 0 fully saturated rings. The van der Waals surface area contributed by atoms with Gasteiger partial charge in [0.1, 0.15) is 6.33 Å². The average Bonchev–Trinajstić information content (AvgIpc) is 3.15. The van der Waals surface area contributed by atoms with Crippen LogP contribution in [-0.2, 0) is 16.0 Å². The first-order valence-electron chi connectivity index (χ1n) is 9.38. The Hall–Kier alpha value is -2.41. The van der Waals surface area contributed by atoms with Crippen LogP contribution in [-0.4, -0.2) is 26.6 Å². The number of aromatic nitrogens is 3.